The van der Waals surface area contributed by atoms with Gasteiger partial charge in [0.25, 0.3) is 0 Å². The van der Waals surface area contributed by atoms with Crippen molar-refractivity contribution in [2.45, 2.75) is 51.9 Å². The molecule has 0 saturated carbocycles. The van der Waals surface area contributed by atoms with Crippen molar-refractivity contribution in [2.24, 2.45) is 11.8 Å². The van der Waals surface area contributed by atoms with Crippen molar-refractivity contribution >= 4 is 11.8 Å². The fourth-order valence-corrected chi connectivity index (χ4v) is 4.95. The number of carbonyl (C=O) groups excluding carboxylic acids is 2. The lowest BCUT2D eigenvalue weighted by Gasteiger charge is -2.40. The summed E-state index contributed by atoms with van der Waals surface area (Å²) in [5.74, 6) is -0.897. The molecule has 0 fully saturated rings. The van der Waals surface area contributed by atoms with Crippen LogP contribution in [0.5, 0.6) is 0 Å². The number of benzene rings is 2. The minimum atomic E-state index is -0.632. The quantitative estimate of drug-likeness (QED) is 0.585. The number of aryl methyl sites for hydroxylation is 1. The van der Waals surface area contributed by atoms with Crippen LogP contribution in [0.25, 0.3) is 0 Å². The first-order valence-corrected chi connectivity index (χ1v) is 11.9. The minimum absolute atomic E-state index is 0.0938. The van der Waals surface area contributed by atoms with Crippen LogP contribution in [0.2, 0.25) is 0 Å². The van der Waals surface area contributed by atoms with Crippen molar-refractivity contribution in [3.05, 3.63) is 94.8 Å². The highest BCUT2D eigenvalue weighted by Crippen LogP contribution is 2.47. The maximum Gasteiger partial charge on any atom is 0.315 e. The molecule has 2 aromatic rings. The molecule has 0 spiro atoms. The summed E-state index contributed by atoms with van der Waals surface area (Å²) >= 11 is 0. The highest BCUT2D eigenvalue weighted by atomic mass is 16.5. The fraction of sp³-hybridized carbons (Fsp3) is 0.379. The first-order chi connectivity index (χ1) is 15.9. The number of hydrogen-bond acceptors (Lipinski definition) is 4. The third kappa shape index (κ3) is 4.80. The minimum Gasteiger partial charge on any atom is -0.465 e. The Balaban J connectivity index is 1.75. The number of ether oxygens (including phenoxy) is 1. The number of carbonyl (C=O) groups is 2. The summed E-state index contributed by atoms with van der Waals surface area (Å²) < 4.78 is 5.64. The molecule has 2 aliphatic rings. The number of Topliss-reactive ketones (excluding diaryl/α,β-unsaturated/α-hetero) is 1. The van der Waals surface area contributed by atoms with Crippen molar-refractivity contribution in [3.63, 3.8) is 0 Å². The lowest BCUT2D eigenvalue weighted by molar-refractivity contribution is -0.149. The lowest BCUT2D eigenvalue weighted by atomic mass is 9.69. The normalized spacial score (nSPS) is 22.7. The Morgan fingerprint density at radius 1 is 1.06 bits per heavy atom. The summed E-state index contributed by atoms with van der Waals surface area (Å²) in [6.45, 7) is 10.7. The van der Waals surface area contributed by atoms with Crippen molar-refractivity contribution in [1.29, 1.82) is 0 Å². The van der Waals surface area contributed by atoms with Gasteiger partial charge < -0.3 is 10.1 Å². The Bertz CT molecular complexity index is 1070. The molecular weight excluding hydrogens is 410 g/mol. The smallest absolute Gasteiger partial charge is 0.315 e. The Morgan fingerprint density at radius 3 is 2.39 bits per heavy atom. The molecule has 33 heavy (non-hydrogen) atoms. The summed E-state index contributed by atoms with van der Waals surface area (Å²) in [6, 6.07) is 18.4. The van der Waals surface area contributed by atoms with Gasteiger partial charge in [0.05, 0.1) is 6.61 Å². The summed E-state index contributed by atoms with van der Waals surface area (Å²) in [6.07, 6.45) is 2.10. The van der Waals surface area contributed by atoms with Gasteiger partial charge in [0.1, 0.15) is 5.92 Å². The molecular formula is C29H33NO3. The second-order valence-corrected chi connectivity index (χ2v) is 9.56. The predicted octanol–water partition coefficient (Wildman–Crippen LogP) is 5.67. The van der Waals surface area contributed by atoms with Crippen LogP contribution in [0.3, 0.4) is 0 Å². The molecule has 172 valence electrons. The molecule has 0 aromatic heterocycles. The number of nitrogens with one attached hydrogen (secondary N) is 1. The molecule has 4 rings (SSSR count). The molecule has 1 aliphatic carbocycles. The Hall–Kier alpha value is -3.14. The topological polar surface area (TPSA) is 55.4 Å². The molecule has 1 N–H and O–H groups in total. The zero-order valence-corrected chi connectivity index (χ0v) is 19.8. The maximum absolute atomic E-state index is 13.6. The van der Waals surface area contributed by atoms with E-state index in [4.69, 9.17) is 4.74 Å². The molecule has 0 amide bonds. The Morgan fingerprint density at radius 2 is 1.76 bits per heavy atom. The van der Waals surface area contributed by atoms with Crippen molar-refractivity contribution in [3.8, 4) is 0 Å². The first-order valence-electron chi connectivity index (χ1n) is 11.9. The van der Waals surface area contributed by atoms with E-state index in [9.17, 15) is 9.59 Å². The van der Waals surface area contributed by atoms with Gasteiger partial charge in [-0.1, -0.05) is 81.9 Å². The largest absolute Gasteiger partial charge is 0.465 e. The van der Waals surface area contributed by atoms with E-state index in [1.807, 2.05) is 44.2 Å². The third-order valence-electron chi connectivity index (χ3n) is 6.67. The van der Waals surface area contributed by atoms with Crippen LogP contribution < -0.4 is 5.32 Å². The Labute approximate surface area is 196 Å². The lowest BCUT2D eigenvalue weighted by Crippen LogP contribution is -2.42. The molecule has 3 unspecified atom stereocenters. The zero-order chi connectivity index (χ0) is 23.5. The molecule has 0 bridgehead atoms. The molecule has 2 aromatic carbocycles. The van der Waals surface area contributed by atoms with Crippen molar-refractivity contribution < 1.29 is 14.3 Å². The molecule has 4 heteroatoms. The van der Waals surface area contributed by atoms with Crippen LogP contribution >= 0.6 is 0 Å². The summed E-state index contributed by atoms with van der Waals surface area (Å²) in [5.41, 5.74) is 5.55. The summed E-state index contributed by atoms with van der Waals surface area (Å²) in [4.78, 5) is 26.8. The summed E-state index contributed by atoms with van der Waals surface area (Å²) in [7, 11) is 0. The number of hydrogen-bond donors (Lipinski definition) is 1. The average molecular weight is 444 g/mol. The van der Waals surface area contributed by atoms with Crippen molar-refractivity contribution in [1.82, 2.24) is 5.32 Å². The van der Waals surface area contributed by atoms with Gasteiger partial charge in [0.15, 0.2) is 5.78 Å². The van der Waals surface area contributed by atoms with E-state index in [2.05, 4.69) is 43.1 Å². The molecule has 0 radical (unpaired) electrons. The van der Waals surface area contributed by atoms with Crippen LogP contribution in [0.1, 0.15) is 62.1 Å². The van der Waals surface area contributed by atoms with E-state index in [-0.39, 0.29) is 29.5 Å². The number of ketones is 1. The van der Waals surface area contributed by atoms with E-state index in [1.165, 1.54) is 5.56 Å². The van der Waals surface area contributed by atoms with Gasteiger partial charge in [-0.25, -0.2) is 0 Å². The first kappa shape index (κ1) is 23.0. The number of rotatable bonds is 6. The molecule has 4 nitrogen and oxygen atoms in total. The number of esters is 1. The third-order valence-corrected chi connectivity index (χ3v) is 6.67. The second kappa shape index (κ2) is 9.78. The highest BCUT2D eigenvalue weighted by molar-refractivity contribution is 6.01. The van der Waals surface area contributed by atoms with E-state index >= 15 is 0 Å². The van der Waals surface area contributed by atoms with E-state index in [0.717, 1.165) is 29.7 Å². The maximum atomic E-state index is 13.6. The van der Waals surface area contributed by atoms with Gasteiger partial charge in [-0.15, -0.1) is 0 Å². The van der Waals surface area contributed by atoms with Gasteiger partial charge in [0.2, 0.25) is 0 Å². The summed E-state index contributed by atoms with van der Waals surface area (Å²) in [5, 5.41) is 3.35. The highest BCUT2D eigenvalue weighted by Gasteiger charge is 2.45. The van der Waals surface area contributed by atoms with Crippen LogP contribution in [-0.4, -0.2) is 18.4 Å². The van der Waals surface area contributed by atoms with Crippen LogP contribution in [0.15, 0.2) is 78.1 Å². The predicted molar refractivity (Wildman–Crippen MR) is 131 cm³/mol. The molecule has 1 aliphatic heterocycles. The number of allylic oxidation sites excluding steroid dienone is 2. The van der Waals surface area contributed by atoms with Gasteiger partial charge in [0, 0.05) is 29.3 Å². The van der Waals surface area contributed by atoms with Crippen LogP contribution in [0, 0.1) is 11.8 Å². The van der Waals surface area contributed by atoms with Crippen molar-refractivity contribution in [2.75, 3.05) is 6.61 Å². The van der Waals surface area contributed by atoms with Gasteiger partial charge in [-0.05, 0) is 41.4 Å². The molecule has 3 atom stereocenters. The van der Waals surface area contributed by atoms with E-state index < -0.39 is 5.92 Å². The van der Waals surface area contributed by atoms with Crippen LogP contribution in [-0.2, 0) is 20.7 Å². The van der Waals surface area contributed by atoms with Gasteiger partial charge in [-0.3, -0.25) is 9.59 Å². The van der Waals surface area contributed by atoms with Crippen LogP contribution in [0.4, 0.5) is 0 Å². The monoisotopic (exact) mass is 443 g/mol. The molecule has 1 heterocycles. The standard InChI is InChI=1S/C29H33NO3/c1-5-20-11-13-22(14-12-20)27-26(29(32)33-17-18(2)3)19(4)30-24-15-23(16-25(31)28(24)27)21-9-7-6-8-10-21/h6-14,18,23,26-27,30H,4-5,15-17H2,1-3H3. The second-order valence-electron chi connectivity index (χ2n) is 9.56. The SMILES string of the molecule is C=C1NC2=C(C(=O)CC(c3ccccc3)C2)C(c2ccc(CC)cc2)C1C(=O)OCC(C)C. The van der Waals surface area contributed by atoms with Gasteiger partial charge >= 0.3 is 5.97 Å². The average Bonchev–Trinajstić information content (AvgIpc) is 2.82. The Kier molecular flexibility index (Phi) is 6.83. The molecule has 0 saturated heterocycles. The zero-order valence-electron chi connectivity index (χ0n) is 19.8. The van der Waals surface area contributed by atoms with E-state index in [0.29, 0.717) is 24.3 Å². The van der Waals surface area contributed by atoms with Gasteiger partial charge in [-0.2, -0.15) is 0 Å². The van der Waals surface area contributed by atoms with E-state index in [1.54, 1.807) is 0 Å². The fourth-order valence-electron chi connectivity index (χ4n) is 4.95.